The lowest BCUT2D eigenvalue weighted by Crippen LogP contribution is -2.46. The minimum absolute atomic E-state index is 0.0273. The molecule has 138 valence electrons. The molecule has 4 rings (SSSR count). The number of aromatic nitrogens is 1. The van der Waals surface area contributed by atoms with Gasteiger partial charge in [0.2, 0.25) is 0 Å². The third-order valence-electron chi connectivity index (χ3n) is 5.43. The second kappa shape index (κ2) is 7.33. The molecule has 1 saturated carbocycles. The van der Waals surface area contributed by atoms with Crippen molar-refractivity contribution in [1.82, 2.24) is 20.5 Å². The summed E-state index contributed by atoms with van der Waals surface area (Å²) in [5.41, 5.74) is 5.16. The average Bonchev–Trinajstić information content (AvgIpc) is 3.47. The summed E-state index contributed by atoms with van der Waals surface area (Å²) in [4.78, 5) is 20.2. The molecule has 0 radical (unpaired) electrons. The standard InChI is InChI=1S/C21H28N4O/c1-14-11-15(2)20-17(12-14)18(13-19(24-20)16-3-4-16)21(26)23-7-10-25-8-5-22-6-9-25/h11-13,16,22H,3-10H2,1-2H3,(H,23,26). The van der Waals surface area contributed by atoms with Crippen LogP contribution in [0, 0.1) is 13.8 Å². The van der Waals surface area contributed by atoms with E-state index in [2.05, 4.69) is 41.5 Å². The molecule has 1 amide bonds. The fourth-order valence-electron chi connectivity index (χ4n) is 3.83. The maximum Gasteiger partial charge on any atom is 0.252 e. The van der Waals surface area contributed by atoms with Crippen LogP contribution in [-0.2, 0) is 0 Å². The molecule has 5 nitrogen and oxygen atoms in total. The van der Waals surface area contributed by atoms with Crippen molar-refractivity contribution >= 4 is 16.8 Å². The predicted molar refractivity (Wildman–Crippen MR) is 105 cm³/mol. The number of hydrogen-bond donors (Lipinski definition) is 2. The third kappa shape index (κ3) is 3.74. The lowest BCUT2D eigenvalue weighted by molar-refractivity contribution is 0.0949. The van der Waals surface area contributed by atoms with Crippen LogP contribution in [0.5, 0.6) is 0 Å². The van der Waals surface area contributed by atoms with E-state index < -0.39 is 0 Å². The number of aryl methyl sites for hydroxylation is 2. The molecule has 0 spiro atoms. The first kappa shape index (κ1) is 17.4. The summed E-state index contributed by atoms with van der Waals surface area (Å²) in [7, 11) is 0. The molecule has 1 aliphatic heterocycles. The van der Waals surface area contributed by atoms with Gasteiger partial charge in [-0.05, 0) is 44.4 Å². The molecule has 26 heavy (non-hydrogen) atoms. The monoisotopic (exact) mass is 352 g/mol. The number of pyridine rings is 1. The molecule has 1 aromatic heterocycles. The zero-order chi connectivity index (χ0) is 18.1. The number of rotatable bonds is 5. The SMILES string of the molecule is Cc1cc(C)c2nc(C3CC3)cc(C(=O)NCCN3CCNCC3)c2c1. The molecular formula is C21H28N4O. The molecule has 0 bridgehead atoms. The van der Waals surface area contributed by atoms with Gasteiger partial charge in [0, 0.05) is 56.3 Å². The molecule has 2 aromatic rings. The number of benzene rings is 1. The summed E-state index contributed by atoms with van der Waals surface area (Å²) >= 11 is 0. The second-order valence-electron chi connectivity index (χ2n) is 7.69. The summed E-state index contributed by atoms with van der Waals surface area (Å²) in [6, 6.07) is 6.27. The summed E-state index contributed by atoms with van der Waals surface area (Å²) in [5.74, 6) is 0.562. The fourth-order valence-corrected chi connectivity index (χ4v) is 3.83. The van der Waals surface area contributed by atoms with Crippen molar-refractivity contribution in [2.75, 3.05) is 39.3 Å². The van der Waals surface area contributed by atoms with E-state index in [9.17, 15) is 4.79 Å². The van der Waals surface area contributed by atoms with Crippen LogP contribution < -0.4 is 10.6 Å². The van der Waals surface area contributed by atoms with E-state index in [1.807, 2.05) is 6.07 Å². The highest BCUT2D eigenvalue weighted by Gasteiger charge is 2.27. The molecule has 5 heteroatoms. The van der Waals surface area contributed by atoms with E-state index in [4.69, 9.17) is 4.98 Å². The topological polar surface area (TPSA) is 57.3 Å². The van der Waals surface area contributed by atoms with E-state index in [1.54, 1.807) is 0 Å². The zero-order valence-electron chi connectivity index (χ0n) is 15.8. The Morgan fingerprint density at radius 3 is 2.73 bits per heavy atom. The van der Waals surface area contributed by atoms with Gasteiger partial charge in [0.1, 0.15) is 0 Å². The second-order valence-corrected chi connectivity index (χ2v) is 7.69. The van der Waals surface area contributed by atoms with Crippen LogP contribution in [-0.4, -0.2) is 55.1 Å². The molecular weight excluding hydrogens is 324 g/mol. The Balaban J connectivity index is 1.56. The fraction of sp³-hybridized carbons (Fsp3) is 0.524. The summed E-state index contributed by atoms with van der Waals surface area (Å²) < 4.78 is 0. The maximum absolute atomic E-state index is 12.9. The van der Waals surface area contributed by atoms with Gasteiger partial charge in [-0.2, -0.15) is 0 Å². The largest absolute Gasteiger partial charge is 0.351 e. The van der Waals surface area contributed by atoms with E-state index >= 15 is 0 Å². The zero-order valence-corrected chi connectivity index (χ0v) is 15.8. The molecule has 0 atom stereocenters. The minimum atomic E-state index is 0.0273. The first-order chi connectivity index (χ1) is 12.6. The Morgan fingerprint density at radius 2 is 2.00 bits per heavy atom. The smallest absolute Gasteiger partial charge is 0.252 e. The predicted octanol–water partition coefficient (Wildman–Crippen LogP) is 2.36. The highest BCUT2D eigenvalue weighted by Crippen LogP contribution is 2.40. The van der Waals surface area contributed by atoms with Gasteiger partial charge in [0.25, 0.3) is 5.91 Å². The van der Waals surface area contributed by atoms with Crippen molar-refractivity contribution < 1.29 is 4.79 Å². The van der Waals surface area contributed by atoms with Crippen LogP contribution in [0.2, 0.25) is 0 Å². The van der Waals surface area contributed by atoms with Gasteiger partial charge < -0.3 is 10.6 Å². The number of nitrogens with one attached hydrogen (secondary N) is 2. The van der Waals surface area contributed by atoms with Crippen molar-refractivity contribution in [3.05, 3.63) is 40.6 Å². The molecule has 1 saturated heterocycles. The number of amides is 1. The van der Waals surface area contributed by atoms with Crippen molar-refractivity contribution in [2.24, 2.45) is 0 Å². The summed E-state index contributed by atoms with van der Waals surface area (Å²) in [5, 5.41) is 7.47. The Kier molecular flexibility index (Phi) is 4.92. The van der Waals surface area contributed by atoms with Crippen LogP contribution >= 0.6 is 0 Å². The van der Waals surface area contributed by atoms with Crippen molar-refractivity contribution in [3.63, 3.8) is 0 Å². The van der Waals surface area contributed by atoms with Gasteiger partial charge in [0.15, 0.2) is 0 Å². The third-order valence-corrected chi connectivity index (χ3v) is 5.43. The van der Waals surface area contributed by atoms with Crippen LogP contribution in [0.25, 0.3) is 10.9 Å². The number of fused-ring (bicyclic) bond motifs is 1. The molecule has 1 aliphatic carbocycles. The minimum Gasteiger partial charge on any atom is -0.351 e. The molecule has 2 fully saturated rings. The van der Waals surface area contributed by atoms with Crippen molar-refractivity contribution in [1.29, 1.82) is 0 Å². The van der Waals surface area contributed by atoms with E-state index in [-0.39, 0.29) is 5.91 Å². The Hall–Kier alpha value is -1.98. The van der Waals surface area contributed by atoms with E-state index in [0.29, 0.717) is 12.5 Å². The number of carbonyl (C=O) groups excluding carboxylic acids is 1. The summed E-state index contributed by atoms with van der Waals surface area (Å²) in [6.07, 6.45) is 2.38. The van der Waals surface area contributed by atoms with Gasteiger partial charge in [-0.3, -0.25) is 14.7 Å². The summed E-state index contributed by atoms with van der Waals surface area (Å²) in [6.45, 7) is 9.93. The van der Waals surface area contributed by atoms with Gasteiger partial charge in [0.05, 0.1) is 11.1 Å². The molecule has 0 unspecified atom stereocenters. The van der Waals surface area contributed by atoms with Gasteiger partial charge in [-0.1, -0.05) is 11.6 Å². The normalized spacial score (nSPS) is 18.2. The quantitative estimate of drug-likeness (QED) is 0.867. The maximum atomic E-state index is 12.9. The Bertz CT molecular complexity index is 822. The Labute approximate surface area is 155 Å². The van der Waals surface area contributed by atoms with Crippen molar-refractivity contribution in [2.45, 2.75) is 32.6 Å². The van der Waals surface area contributed by atoms with Crippen LogP contribution in [0.1, 0.15) is 45.9 Å². The number of piperazine rings is 1. The van der Waals surface area contributed by atoms with E-state index in [1.165, 1.54) is 18.4 Å². The van der Waals surface area contributed by atoms with Gasteiger partial charge in [-0.15, -0.1) is 0 Å². The number of carbonyl (C=O) groups is 1. The lowest BCUT2D eigenvalue weighted by atomic mass is 10.00. The van der Waals surface area contributed by atoms with Gasteiger partial charge >= 0.3 is 0 Å². The first-order valence-corrected chi connectivity index (χ1v) is 9.75. The first-order valence-electron chi connectivity index (χ1n) is 9.75. The molecule has 2 aliphatic rings. The van der Waals surface area contributed by atoms with Crippen LogP contribution in [0.4, 0.5) is 0 Å². The average molecular weight is 352 g/mol. The van der Waals surface area contributed by atoms with Crippen molar-refractivity contribution in [3.8, 4) is 0 Å². The lowest BCUT2D eigenvalue weighted by Gasteiger charge is -2.27. The molecule has 2 N–H and O–H groups in total. The highest BCUT2D eigenvalue weighted by molar-refractivity contribution is 6.07. The van der Waals surface area contributed by atoms with Crippen LogP contribution in [0.3, 0.4) is 0 Å². The van der Waals surface area contributed by atoms with Gasteiger partial charge in [-0.25, -0.2) is 0 Å². The molecule has 1 aromatic carbocycles. The van der Waals surface area contributed by atoms with Crippen LogP contribution in [0.15, 0.2) is 18.2 Å². The van der Waals surface area contributed by atoms with E-state index in [0.717, 1.165) is 60.4 Å². The molecule has 2 heterocycles. The number of hydrogen-bond acceptors (Lipinski definition) is 4. The highest BCUT2D eigenvalue weighted by atomic mass is 16.1. The number of nitrogens with zero attached hydrogens (tertiary/aromatic N) is 2. The Morgan fingerprint density at radius 1 is 1.23 bits per heavy atom.